The minimum Gasteiger partial charge on any atom is -0.490 e. The molecular formula is C26H24FN3O4. The normalized spacial score (nSPS) is 10.6. The fourth-order valence-electron chi connectivity index (χ4n) is 3.22. The number of rotatable bonds is 10. The number of para-hydroxylation sites is 2. The fourth-order valence-corrected chi connectivity index (χ4v) is 3.22. The number of amides is 1. The van der Waals surface area contributed by atoms with Crippen LogP contribution in [0.15, 0.2) is 77.5 Å². The molecule has 2 aromatic heterocycles. The molecule has 0 atom stereocenters. The zero-order valence-electron chi connectivity index (χ0n) is 18.7. The number of aromatic nitrogens is 2. The highest BCUT2D eigenvalue weighted by atomic mass is 19.1. The topological polar surface area (TPSA) is 86.5 Å². The third-order valence-electron chi connectivity index (χ3n) is 4.91. The standard InChI is InChI=1S/C26H24FN3O4/c1-2-32-21-9-5-6-10-22(21)33-25-13-11-18(16-29-25)15-28-24(31)12-14-26-30-17-23(34-26)19-7-3-4-8-20(19)27/h3-11,13,16-17H,2,12,14-15H2,1H3,(H,28,31). The first-order valence-electron chi connectivity index (χ1n) is 10.9. The Morgan fingerprint density at radius 1 is 1.00 bits per heavy atom. The van der Waals surface area contributed by atoms with E-state index in [-0.39, 0.29) is 18.1 Å². The quantitative estimate of drug-likeness (QED) is 0.344. The number of benzene rings is 2. The first kappa shape index (κ1) is 23.0. The van der Waals surface area contributed by atoms with Crippen molar-refractivity contribution in [1.82, 2.24) is 15.3 Å². The number of carbonyl (C=O) groups is 1. The van der Waals surface area contributed by atoms with Gasteiger partial charge in [0.1, 0.15) is 5.82 Å². The molecule has 0 bridgehead atoms. The van der Waals surface area contributed by atoms with E-state index in [9.17, 15) is 9.18 Å². The molecule has 0 unspecified atom stereocenters. The number of aryl methyl sites for hydroxylation is 1. The summed E-state index contributed by atoms with van der Waals surface area (Å²) in [5.41, 5.74) is 1.17. The molecule has 34 heavy (non-hydrogen) atoms. The van der Waals surface area contributed by atoms with Crippen LogP contribution in [0.4, 0.5) is 4.39 Å². The van der Waals surface area contributed by atoms with Crippen molar-refractivity contribution in [2.24, 2.45) is 0 Å². The van der Waals surface area contributed by atoms with Gasteiger partial charge in [-0.15, -0.1) is 0 Å². The average Bonchev–Trinajstić information content (AvgIpc) is 3.33. The molecule has 4 rings (SSSR count). The number of halogens is 1. The van der Waals surface area contributed by atoms with Gasteiger partial charge in [0.25, 0.3) is 0 Å². The number of hydrogen-bond acceptors (Lipinski definition) is 6. The van der Waals surface area contributed by atoms with E-state index in [1.807, 2.05) is 37.3 Å². The van der Waals surface area contributed by atoms with E-state index in [4.69, 9.17) is 13.9 Å². The molecule has 0 saturated heterocycles. The van der Waals surface area contributed by atoms with E-state index in [2.05, 4.69) is 15.3 Å². The summed E-state index contributed by atoms with van der Waals surface area (Å²) in [4.78, 5) is 20.7. The van der Waals surface area contributed by atoms with Crippen molar-refractivity contribution in [3.8, 4) is 28.7 Å². The molecule has 2 aromatic carbocycles. The molecule has 7 nitrogen and oxygen atoms in total. The molecule has 1 amide bonds. The van der Waals surface area contributed by atoms with Crippen LogP contribution in [0.2, 0.25) is 0 Å². The van der Waals surface area contributed by atoms with Crippen molar-refractivity contribution in [1.29, 1.82) is 0 Å². The molecule has 174 valence electrons. The average molecular weight is 461 g/mol. The number of ether oxygens (including phenoxy) is 2. The Kier molecular flexibility index (Phi) is 7.49. The maximum absolute atomic E-state index is 13.9. The van der Waals surface area contributed by atoms with Gasteiger partial charge in [0.2, 0.25) is 11.8 Å². The first-order chi connectivity index (χ1) is 16.6. The van der Waals surface area contributed by atoms with E-state index in [0.717, 1.165) is 5.56 Å². The first-order valence-corrected chi connectivity index (χ1v) is 10.9. The molecule has 1 N–H and O–H groups in total. The van der Waals surface area contributed by atoms with Crippen LogP contribution >= 0.6 is 0 Å². The zero-order chi connectivity index (χ0) is 23.8. The molecule has 0 saturated carbocycles. The van der Waals surface area contributed by atoms with Crippen molar-refractivity contribution in [3.63, 3.8) is 0 Å². The highest BCUT2D eigenvalue weighted by Gasteiger charge is 2.12. The predicted molar refractivity (Wildman–Crippen MR) is 124 cm³/mol. The number of carbonyl (C=O) groups excluding carboxylic acids is 1. The second-order valence-electron chi connectivity index (χ2n) is 7.36. The third-order valence-corrected chi connectivity index (χ3v) is 4.91. The number of pyridine rings is 1. The molecule has 0 spiro atoms. The maximum atomic E-state index is 13.9. The van der Waals surface area contributed by atoms with Gasteiger partial charge in [0.05, 0.1) is 18.4 Å². The second kappa shape index (κ2) is 11.1. The van der Waals surface area contributed by atoms with Gasteiger partial charge in [-0.25, -0.2) is 14.4 Å². The molecule has 4 aromatic rings. The number of nitrogens with one attached hydrogen (secondary N) is 1. The van der Waals surface area contributed by atoms with Crippen molar-refractivity contribution in [2.75, 3.05) is 6.61 Å². The lowest BCUT2D eigenvalue weighted by Gasteiger charge is -2.11. The molecule has 0 aliphatic carbocycles. The highest BCUT2D eigenvalue weighted by Crippen LogP contribution is 2.30. The Morgan fingerprint density at radius 3 is 2.56 bits per heavy atom. The summed E-state index contributed by atoms with van der Waals surface area (Å²) in [6.45, 7) is 2.77. The Balaban J connectivity index is 1.25. The summed E-state index contributed by atoms with van der Waals surface area (Å²) in [6, 6.07) is 17.3. The lowest BCUT2D eigenvalue weighted by Crippen LogP contribution is -2.23. The smallest absolute Gasteiger partial charge is 0.220 e. The van der Waals surface area contributed by atoms with Crippen LogP contribution in [0.3, 0.4) is 0 Å². The second-order valence-corrected chi connectivity index (χ2v) is 7.36. The van der Waals surface area contributed by atoms with Crippen molar-refractivity contribution in [2.45, 2.75) is 26.3 Å². The monoisotopic (exact) mass is 461 g/mol. The largest absolute Gasteiger partial charge is 0.490 e. The minimum atomic E-state index is -0.383. The Bertz CT molecular complexity index is 1240. The highest BCUT2D eigenvalue weighted by molar-refractivity contribution is 5.76. The van der Waals surface area contributed by atoms with E-state index >= 15 is 0 Å². The fraction of sp³-hybridized carbons (Fsp3) is 0.192. The van der Waals surface area contributed by atoms with Crippen LogP contribution in [0, 0.1) is 5.82 Å². The van der Waals surface area contributed by atoms with Crippen LogP contribution in [0.5, 0.6) is 17.4 Å². The maximum Gasteiger partial charge on any atom is 0.220 e. The van der Waals surface area contributed by atoms with Crippen LogP contribution < -0.4 is 14.8 Å². The van der Waals surface area contributed by atoms with Crippen molar-refractivity contribution in [3.05, 3.63) is 90.3 Å². The molecule has 2 heterocycles. The summed E-state index contributed by atoms with van der Waals surface area (Å²) in [6.07, 6.45) is 3.62. The Hall–Kier alpha value is -4.20. The van der Waals surface area contributed by atoms with Crippen LogP contribution in [0.1, 0.15) is 24.8 Å². The molecule has 0 radical (unpaired) electrons. The van der Waals surface area contributed by atoms with Gasteiger partial charge in [-0.3, -0.25) is 4.79 Å². The summed E-state index contributed by atoms with van der Waals surface area (Å²) < 4.78 is 30.8. The molecule has 0 aliphatic heterocycles. The molecule has 0 fully saturated rings. The molecule has 0 aliphatic rings. The number of oxazole rings is 1. The third kappa shape index (κ3) is 5.98. The van der Waals surface area contributed by atoms with E-state index < -0.39 is 0 Å². The molecule has 8 heteroatoms. The summed E-state index contributed by atoms with van der Waals surface area (Å²) >= 11 is 0. The summed E-state index contributed by atoms with van der Waals surface area (Å²) in [7, 11) is 0. The van der Waals surface area contributed by atoms with E-state index in [1.54, 1.807) is 30.5 Å². The van der Waals surface area contributed by atoms with Crippen LogP contribution in [-0.4, -0.2) is 22.5 Å². The number of nitrogens with zero attached hydrogens (tertiary/aromatic N) is 2. The minimum absolute atomic E-state index is 0.156. The lowest BCUT2D eigenvalue weighted by atomic mass is 10.2. The van der Waals surface area contributed by atoms with Crippen molar-refractivity contribution >= 4 is 5.91 Å². The van der Waals surface area contributed by atoms with E-state index in [1.165, 1.54) is 12.3 Å². The van der Waals surface area contributed by atoms with Gasteiger partial charge in [-0.2, -0.15) is 0 Å². The van der Waals surface area contributed by atoms with Crippen LogP contribution in [-0.2, 0) is 17.8 Å². The van der Waals surface area contributed by atoms with Gasteiger partial charge < -0.3 is 19.2 Å². The van der Waals surface area contributed by atoms with Gasteiger partial charge >= 0.3 is 0 Å². The van der Waals surface area contributed by atoms with Gasteiger partial charge in [0.15, 0.2) is 23.1 Å². The Labute approximate surface area is 196 Å². The lowest BCUT2D eigenvalue weighted by molar-refractivity contribution is -0.121. The van der Waals surface area contributed by atoms with E-state index in [0.29, 0.717) is 54.2 Å². The van der Waals surface area contributed by atoms with Gasteiger partial charge in [-0.1, -0.05) is 30.3 Å². The SMILES string of the molecule is CCOc1ccccc1Oc1ccc(CNC(=O)CCc2ncc(-c3ccccc3F)o2)cn1. The van der Waals surface area contributed by atoms with Crippen molar-refractivity contribution < 1.29 is 23.1 Å². The summed E-state index contributed by atoms with van der Waals surface area (Å²) in [5.74, 6) is 1.84. The van der Waals surface area contributed by atoms with Crippen LogP contribution in [0.25, 0.3) is 11.3 Å². The predicted octanol–water partition coefficient (Wildman–Crippen LogP) is 5.32. The number of hydrogen-bond donors (Lipinski definition) is 1. The molecular weight excluding hydrogens is 437 g/mol. The van der Waals surface area contributed by atoms with Gasteiger partial charge in [-0.05, 0) is 36.8 Å². The Morgan fingerprint density at radius 2 is 1.79 bits per heavy atom. The van der Waals surface area contributed by atoms with Gasteiger partial charge in [0, 0.05) is 31.6 Å². The zero-order valence-corrected chi connectivity index (χ0v) is 18.7. The summed E-state index contributed by atoms with van der Waals surface area (Å²) in [5, 5.41) is 2.84.